The molecular weight excluding hydrogens is 261 g/mol. The lowest BCUT2D eigenvalue weighted by Crippen LogP contribution is -2.34. The smallest absolute Gasteiger partial charge is 0.123 e. The number of piperidine rings is 1. The molecular formula is C19H22FN. The first-order chi connectivity index (χ1) is 10.2. The summed E-state index contributed by atoms with van der Waals surface area (Å²) in [6, 6.07) is 15.8. The number of rotatable bonds is 3. The number of benzene rings is 2. The fraction of sp³-hybridized carbons (Fsp3) is 0.368. The van der Waals surface area contributed by atoms with Crippen LogP contribution in [0.25, 0.3) is 0 Å². The zero-order valence-corrected chi connectivity index (χ0v) is 12.6. The number of anilines is 1. The first-order valence-corrected chi connectivity index (χ1v) is 7.77. The normalized spacial score (nSPS) is 16.2. The molecule has 0 spiro atoms. The van der Waals surface area contributed by atoms with Gasteiger partial charge in [-0.3, -0.25) is 0 Å². The monoisotopic (exact) mass is 283 g/mol. The maximum atomic E-state index is 12.9. The Labute approximate surface area is 126 Å². The summed E-state index contributed by atoms with van der Waals surface area (Å²) in [5.74, 6) is 0.574. The van der Waals surface area contributed by atoms with Crippen molar-refractivity contribution in [2.45, 2.75) is 26.2 Å². The van der Waals surface area contributed by atoms with Gasteiger partial charge >= 0.3 is 0 Å². The van der Waals surface area contributed by atoms with Gasteiger partial charge in [0.1, 0.15) is 5.82 Å². The van der Waals surface area contributed by atoms with Crippen LogP contribution in [0.3, 0.4) is 0 Å². The topological polar surface area (TPSA) is 3.24 Å². The van der Waals surface area contributed by atoms with E-state index in [9.17, 15) is 4.39 Å². The molecule has 1 aliphatic heterocycles. The number of hydrogen-bond donors (Lipinski definition) is 0. The molecule has 2 aromatic carbocycles. The van der Waals surface area contributed by atoms with Crippen molar-refractivity contribution >= 4 is 5.69 Å². The van der Waals surface area contributed by atoms with Gasteiger partial charge in [-0.2, -0.15) is 0 Å². The summed E-state index contributed by atoms with van der Waals surface area (Å²) < 4.78 is 12.9. The molecule has 110 valence electrons. The Morgan fingerprint density at radius 2 is 1.57 bits per heavy atom. The molecule has 0 atom stereocenters. The second-order valence-electron chi connectivity index (χ2n) is 6.10. The van der Waals surface area contributed by atoms with E-state index >= 15 is 0 Å². The average molecular weight is 283 g/mol. The molecule has 1 nitrogen and oxygen atoms in total. The van der Waals surface area contributed by atoms with E-state index in [-0.39, 0.29) is 5.82 Å². The molecule has 0 unspecified atom stereocenters. The van der Waals surface area contributed by atoms with Crippen LogP contribution in [0.1, 0.15) is 24.0 Å². The quantitative estimate of drug-likeness (QED) is 0.796. The van der Waals surface area contributed by atoms with Crippen molar-refractivity contribution in [2.75, 3.05) is 18.0 Å². The average Bonchev–Trinajstić information content (AvgIpc) is 2.51. The van der Waals surface area contributed by atoms with Gasteiger partial charge in [0, 0.05) is 18.8 Å². The van der Waals surface area contributed by atoms with Gasteiger partial charge in [0.25, 0.3) is 0 Å². The van der Waals surface area contributed by atoms with Gasteiger partial charge in [0.05, 0.1) is 0 Å². The third-order valence-corrected chi connectivity index (χ3v) is 4.45. The van der Waals surface area contributed by atoms with Crippen LogP contribution in [0, 0.1) is 18.7 Å². The van der Waals surface area contributed by atoms with Crippen molar-refractivity contribution in [2.24, 2.45) is 5.92 Å². The van der Waals surface area contributed by atoms with Gasteiger partial charge in [-0.25, -0.2) is 4.39 Å². The maximum absolute atomic E-state index is 12.9. The van der Waals surface area contributed by atoms with Crippen LogP contribution in [0.15, 0.2) is 48.5 Å². The summed E-state index contributed by atoms with van der Waals surface area (Å²) in [5.41, 5.74) is 3.90. The van der Waals surface area contributed by atoms with Gasteiger partial charge in [0.2, 0.25) is 0 Å². The van der Waals surface area contributed by atoms with Crippen molar-refractivity contribution in [3.8, 4) is 0 Å². The third kappa shape index (κ3) is 3.63. The molecule has 2 aromatic rings. The van der Waals surface area contributed by atoms with Crippen LogP contribution in [-0.4, -0.2) is 13.1 Å². The third-order valence-electron chi connectivity index (χ3n) is 4.45. The minimum Gasteiger partial charge on any atom is -0.372 e. The minimum atomic E-state index is -0.145. The number of halogens is 1. The zero-order chi connectivity index (χ0) is 14.7. The fourth-order valence-corrected chi connectivity index (χ4v) is 3.10. The van der Waals surface area contributed by atoms with Crippen molar-refractivity contribution in [3.63, 3.8) is 0 Å². The summed E-state index contributed by atoms with van der Waals surface area (Å²) in [6.07, 6.45) is 3.50. The van der Waals surface area contributed by atoms with E-state index in [0.717, 1.165) is 25.4 Å². The van der Waals surface area contributed by atoms with E-state index in [0.29, 0.717) is 0 Å². The highest BCUT2D eigenvalue weighted by atomic mass is 19.1. The molecule has 0 N–H and O–H groups in total. The zero-order valence-electron chi connectivity index (χ0n) is 12.6. The lowest BCUT2D eigenvalue weighted by atomic mass is 9.90. The molecule has 21 heavy (non-hydrogen) atoms. The molecule has 1 heterocycles. The molecule has 3 rings (SSSR count). The van der Waals surface area contributed by atoms with E-state index < -0.39 is 0 Å². The van der Waals surface area contributed by atoms with E-state index in [1.54, 1.807) is 12.1 Å². The molecule has 0 bridgehead atoms. The van der Waals surface area contributed by atoms with Crippen LogP contribution < -0.4 is 4.90 Å². The van der Waals surface area contributed by atoms with Crippen LogP contribution in [0.2, 0.25) is 0 Å². The summed E-state index contributed by atoms with van der Waals surface area (Å²) in [7, 11) is 0. The Kier molecular flexibility index (Phi) is 4.23. The summed E-state index contributed by atoms with van der Waals surface area (Å²) >= 11 is 0. The lowest BCUT2D eigenvalue weighted by molar-refractivity contribution is 0.403. The second-order valence-corrected chi connectivity index (χ2v) is 6.10. The van der Waals surface area contributed by atoms with Crippen molar-refractivity contribution in [1.82, 2.24) is 0 Å². The van der Waals surface area contributed by atoms with E-state index in [2.05, 4.69) is 36.1 Å². The molecule has 1 fully saturated rings. The summed E-state index contributed by atoms with van der Waals surface area (Å²) in [5, 5.41) is 0. The lowest BCUT2D eigenvalue weighted by Gasteiger charge is -2.33. The molecule has 2 heteroatoms. The predicted molar refractivity (Wildman–Crippen MR) is 86.2 cm³/mol. The van der Waals surface area contributed by atoms with Crippen molar-refractivity contribution < 1.29 is 4.39 Å². The van der Waals surface area contributed by atoms with E-state index in [1.807, 2.05) is 12.1 Å². The van der Waals surface area contributed by atoms with Crippen LogP contribution >= 0.6 is 0 Å². The molecule has 0 aliphatic carbocycles. The fourth-order valence-electron chi connectivity index (χ4n) is 3.10. The highest BCUT2D eigenvalue weighted by Gasteiger charge is 2.19. The number of aryl methyl sites for hydroxylation is 1. The molecule has 0 radical (unpaired) electrons. The number of nitrogens with zero attached hydrogens (tertiary/aromatic N) is 1. The number of hydrogen-bond acceptors (Lipinski definition) is 1. The molecule has 1 aliphatic rings. The van der Waals surface area contributed by atoms with Crippen molar-refractivity contribution in [3.05, 3.63) is 65.5 Å². The largest absolute Gasteiger partial charge is 0.372 e. The van der Waals surface area contributed by atoms with Crippen LogP contribution in [0.5, 0.6) is 0 Å². The summed E-state index contributed by atoms with van der Waals surface area (Å²) in [6.45, 7) is 4.36. The molecule has 0 saturated carbocycles. The SMILES string of the molecule is Cc1ccc(N2CCC(Cc3ccc(F)cc3)CC2)cc1. The van der Waals surface area contributed by atoms with E-state index in [4.69, 9.17) is 0 Å². The highest BCUT2D eigenvalue weighted by Crippen LogP contribution is 2.26. The Balaban J connectivity index is 1.55. The Bertz CT molecular complexity index is 566. The van der Waals surface area contributed by atoms with Crippen LogP contribution in [0.4, 0.5) is 10.1 Å². The molecule has 1 saturated heterocycles. The van der Waals surface area contributed by atoms with Crippen molar-refractivity contribution in [1.29, 1.82) is 0 Å². The van der Waals surface area contributed by atoms with Gasteiger partial charge in [-0.15, -0.1) is 0 Å². The van der Waals surface area contributed by atoms with Gasteiger partial charge in [0.15, 0.2) is 0 Å². The van der Waals surface area contributed by atoms with Crippen LogP contribution in [-0.2, 0) is 6.42 Å². The predicted octanol–water partition coefficient (Wildman–Crippen LogP) is 4.59. The van der Waals surface area contributed by atoms with Gasteiger partial charge in [-0.1, -0.05) is 29.8 Å². The molecule has 0 amide bonds. The first kappa shape index (κ1) is 14.1. The standard InChI is InChI=1S/C19H22FN/c1-15-2-8-19(9-3-15)21-12-10-17(11-13-21)14-16-4-6-18(20)7-5-16/h2-9,17H,10-14H2,1H3. The Morgan fingerprint density at radius 1 is 0.952 bits per heavy atom. The Morgan fingerprint density at radius 3 is 2.19 bits per heavy atom. The second kappa shape index (κ2) is 6.30. The molecule has 0 aromatic heterocycles. The minimum absolute atomic E-state index is 0.145. The Hall–Kier alpha value is -1.83. The first-order valence-electron chi connectivity index (χ1n) is 7.77. The van der Waals surface area contributed by atoms with Gasteiger partial charge < -0.3 is 4.90 Å². The highest BCUT2D eigenvalue weighted by molar-refractivity contribution is 5.47. The maximum Gasteiger partial charge on any atom is 0.123 e. The van der Waals surface area contributed by atoms with Gasteiger partial charge in [-0.05, 0) is 61.9 Å². The summed E-state index contributed by atoms with van der Waals surface area (Å²) in [4.78, 5) is 2.47. The van der Waals surface area contributed by atoms with E-state index in [1.165, 1.54) is 29.7 Å².